The van der Waals surface area contributed by atoms with Crippen molar-refractivity contribution in [3.63, 3.8) is 0 Å². The average molecular weight is 1520 g/mol. The first-order valence-corrected chi connectivity index (χ1v) is 39.4. The van der Waals surface area contributed by atoms with Gasteiger partial charge in [0.15, 0.2) is 23.3 Å². The first kappa shape index (κ1) is 83.1. The molecule has 12 aromatic rings. The van der Waals surface area contributed by atoms with Crippen molar-refractivity contribution in [1.82, 2.24) is 39.1 Å². The normalized spacial score (nSPS) is 16.6. The zero-order valence-corrected chi connectivity index (χ0v) is 72.6. The number of halogens is 1. The molecule has 1 N–H and O–H groups in total. The molecule has 0 saturated heterocycles. The number of rotatable bonds is 10. The molecule has 0 bridgehead atoms. The molecule has 2 aliphatic rings. The smallest absolute Gasteiger partial charge is 0.850 e. The number of fused-ring (bicyclic) bond motifs is 3. The maximum Gasteiger partial charge on any atom is 1.00 e. The Kier molecular flexibility index (Phi) is 25.4. The number of nitrogens with zero attached hydrogens (tertiary/aromatic N) is 9. The largest absolute Gasteiger partial charge is 1.00 e. The fourth-order valence-electron chi connectivity index (χ4n) is 14.7. The van der Waals surface area contributed by atoms with Gasteiger partial charge in [-0.2, -0.15) is 5.10 Å². The summed E-state index contributed by atoms with van der Waals surface area (Å²) in [4.78, 5) is 2.18. The summed E-state index contributed by atoms with van der Waals surface area (Å²) in [6.07, 6.45) is 5.24. The molecule has 5 heterocycles. The van der Waals surface area contributed by atoms with Gasteiger partial charge in [0.1, 0.15) is 0 Å². The van der Waals surface area contributed by atoms with Crippen LogP contribution in [0, 0.1) is 13.8 Å². The van der Waals surface area contributed by atoms with Gasteiger partial charge in [0.05, 0.1) is 22.7 Å². The second kappa shape index (κ2) is 32.7. The van der Waals surface area contributed by atoms with Gasteiger partial charge in [-0.1, -0.05) is 309 Å². The molecule has 1 fully saturated rings. The third kappa shape index (κ3) is 19.8. The molecule has 1 aliphatic carbocycles. The van der Waals surface area contributed by atoms with Crippen molar-refractivity contribution in [2.24, 2.45) is 0 Å². The number of nitrogens with one attached hydrogen (secondary N) is 1. The number of benzene rings is 8. The predicted molar refractivity (Wildman–Crippen MR) is 450 cm³/mol. The van der Waals surface area contributed by atoms with E-state index >= 15 is 0 Å². The fraction of sp³-hybridized carbons (Fsp3) is 0.355. The Bertz CT molecular complexity index is 4820. The third-order valence-electron chi connectivity index (χ3n) is 19.7. The van der Waals surface area contributed by atoms with Gasteiger partial charge < -0.3 is 10.4 Å². The van der Waals surface area contributed by atoms with Crippen molar-refractivity contribution in [2.75, 3.05) is 10.2 Å². The number of aromatic nitrogens is 8. The summed E-state index contributed by atoms with van der Waals surface area (Å²) in [5, 5.41) is 33.6. The van der Waals surface area contributed by atoms with Crippen molar-refractivity contribution < 1.29 is 34.7 Å². The maximum atomic E-state index is 10.1. The SMILES string of the molecule is CC(C)(C)P1C(C)(C)c2ccccc2C2(c3ccccc3)CC12C.CC(C)(C)[O-].CC(C)(C)c1cc(Br)cc(C(C)(C)C)c1.Cc1cc(N(c2cc(C(C)(C)C)cc(C(C)(C)C)c2)c2ccn(-c3ccccc3)n2)nn1-c1ccccc1.Cc1cc(Nc2ccn(-c3ccccc3)n2)nn1-c1ccccc1.[Na+]. The van der Waals surface area contributed by atoms with Gasteiger partial charge in [-0.25, -0.2) is 18.7 Å². The van der Waals surface area contributed by atoms with Crippen LogP contribution in [0.5, 0.6) is 0 Å². The Labute approximate surface area is 671 Å². The molecule has 107 heavy (non-hydrogen) atoms. The third-order valence-corrected chi connectivity index (χ3v) is 24.3. The summed E-state index contributed by atoms with van der Waals surface area (Å²) in [6, 6.07) is 82.9. The summed E-state index contributed by atoms with van der Waals surface area (Å²) in [5.74, 6) is 3.18. The second-order valence-electron chi connectivity index (χ2n) is 35.1. The van der Waals surface area contributed by atoms with Crippen LogP contribution in [0.2, 0.25) is 0 Å². The minimum atomic E-state index is -0.750. The number of anilines is 5. The zero-order chi connectivity index (χ0) is 77.2. The number of para-hydroxylation sites is 4. The van der Waals surface area contributed by atoms with Crippen LogP contribution in [0.3, 0.4) is 0 Å². The molecule has 1 saturated carbocycles. The molecular formula is C93H113BrN10NaOP. The van der Waals surface area contributed by atoms with Crippen molar-refractivity contribution in [1.29, 1.82) is 0 Å². The number of aryl methyl sites for hydroxylation is 2. The van der Waals surface area contributed by atoms with Crippen LogP contribution in [0.15, 0.2) is 253 Å². The van der Waals surface area contributed by atoms with Crippen molar-refractivity contribution >= 4 is 52.8 Å². The summed E-state index contributed by atoms with van der Waals surface area (Å²) in [5.41, 5.74) is 17.2. The number of hydrogen-bond acceptors (Lipinski definition) is 7. The topological polar surface area (TPSA) is 110 Å². The van der Waals surface area contributed by atoms with E-state index in [0.29, 0.717) is 10.3 Å². The molecular weight excluding hydrogens is 1410 g/mol. The van der Waals surface area contributed by atoms with Gasteiger partial charge in [-0.3, -0.25) is 4.90 Å². The van der Waals surface area contributed by atoms with Gasteiger partial charge >= 0.3 is 29.6 Å². The monoisotopic (exact) mass is 1520 g/mol. The molecule has 11 nitrogen and oxygen atoms in total. The van der Waals surface area contributed by atoms with E-state index in [1.807, 2.05) is 147 Å². The molecule has 0 radical (unpaired) electrons. The standard InChI is InChI=1S/C33H37N5.C23H29P.C19H17N5.C14H21Br.C4H9O.Na/c1-24-20-31(35-38(24)28-16-12-9-13-17-28)37(30-18-19-36(34-30)27-14-10-8-11-15-27)29-22-25(32(2,3)4)21-26(23-29)33(5,6)7;1-20(2,3)24-21(4,5)18-14-10-11-15-19(18)23(16-22(23,24)6)17-12-8-7-9-13-17;1-15-14-19(22-24(15)17-10-6-3-7-11-17)20-18-12-13-23(21-18)16-8-4-2-5-9-16;1-13(2,3)10-7-11(14(4,5)6)9-12(15)8-10;1-4(2,3)5;/h8-23H,1-7H3;7-15H,16H2,1-6H3;2-14H,1H3,(H,20,21,22);7-9H,1-6H3;1-3H3;/q;;;;-1;+1. The van der Waals surface area contributed by atoms with E-state index in [1.54, 1.807) is 31.9 Å². The first-order chi connectivity index (χ1) is 49.6. The van der Waals surface area contributed by atoms with Crippen LogP contribution in [0.4, 0.5) is 29.0 Å². The van der Waals surface area contributed by atoms with E-state index in [9.17, 15) is 5.11 Å². The van der Waals surface area contributed by atoms with E-state index in [1.165, 1.54) is 38.7 Å². The molecule has 3 unspecified atom stereocenters. The van der Waals surface area contributed by atoms with Crippen molar-refractivity contribution in [3.8, 4) is 22.7 Å². The Balaban J connectivity index is 0.000000168. The number of hydrogen-bond donors (Lipinski definition) is 1. The van der Waals surface area contributed by atoms with Crippen molar-refractivity contribution in [3.05, 3.63) is 304 Å². The van der Waals surface area contributed by atoms with Crippen LogP contribution < -0.4 is 44.9 Å². The Morgan fingerprint density at radius 1 is 0.421 bits per heavy atom. The van der Waals surface area contributed by atoms with E-state index < -0.39 is 5.60 Å². The van der Waals surface area contributed by atoms with Crippen LogP contribution in [0.25, 0.3) is 22.7 Å². The first-order valence-electron chi connectivity index (χ1n) is 37.2. The van der Waals surface area contributed by atoms with E-state index in [2.05, 4.69) is 295 Å². The van der Waals surface area contributed by atoms with E-state index in [4.69, 9.17) is 10.2 Å². The van der Waals surface area contributed by atoms with Crippen LogP contribution in [-0.4, -0.2) is 55.0 Å². The summed E-state index contributed by atoms with van der Waals surface area (Å²) >= 11 is 3.60. The molecule has 4 aromatic heterocycles. The van der Waals surface area contributed by atoms with E-state index in [-0.39, 0.29) is 69.7 Å². The minimum Gasteiger partial charge on any atom is -0.850 e. The fourth-order valence-corrected chi connectivity index (χ4v) is 21.1. The van der Waals surface area contributed by atoms with Gasteiger partial charge in [0.2, 0.25) is 0 Å². The molecule has 0 spiro atoms. The maximum absolute atomic E-state index is 10.1. The summed E-state index contributed by atoms with van der Waals surface area (Å²) in [7, 11) is -0.184. The Morgan fingerprint density at radius 3 is 1.25 bits per heavy atom. The second-order valence-corrected chi connectivity index (χ2v) is 40.2. The van der Waals surface area contributed by atoms with Crippen LogP contribution in [-0.2, 0) is 32.2 Å². The average Bonchev–Trinajstić information content (AvgIpc) is 1.47. The quantitative estimate of drug-likeness (QED) is 0.107. The molecule has 14 heteroatoms. The molecule has 8 aromatic carbocycles. The van der Waals surface area contributed by atoms with Crippen molar-refractivity contribution in [2.45, 2.75) is 214 Å². The van der Waals surface area contributed by atoms with Crippen LogP contribution in [0.1, 0.15) is 202 Å². The molecule has 14 rings (SSSR count). The minimum absolute atomic E-state index is 0. The van der Waals surface area contributed by atoms with Gasteiger partial charge in [0, 0.05) is 73.9 Å². The summed E-state index contributed by atoms with van der Waals surface area (Å²) in [6.45, 7) is 51.1. The van der Waals surface area contributed by atoms with Gasteiger partial charge in [0.25, 0.3) is 0 Å². The Morgan fingerprint density at radius 2 is 0.804 bits per heavy atom. The molecule has 3 atom stereocenters. The predicted octanol–water partition coefficient (Wildman–Crippen LogP) is 21.4. The molecule has 0 amide bonds. The zero-order valence-electron chi connectivity index (χ0n) is 68.1. The molecule has 554 valence electrons. The molecule has 1 aliphatic heterocycles. The van der Waals surface area contributed by atoms with E-state index in [0.717, 1.165) is 63.1 Å². The van der Waals surface area contributed by atoms with Gasteiger partial charge in [-0.15, -0.1) is 20.9 Å². The summed E-state index contributed by atoms with van der Waals surface area (Å²) < 4.78 is 8.84. The van der Waals surface area contributed by atoms with Gasteiger partial charge in [-0.05, 0) is 159 Å². The van der Waals surface area contributed by atoms with Crippen LogP contribution >= 0.6 is 23.9 Å². The Hall–Kier alpha value is -7.93.